The molecule has 0 radical (unpaired) electrons. The van der Waals surface area contributed by atoms with Crippen LogP contribution in [-0.4, -0.2) is 15.0 Å². The zero-order chi connectivity index (χ0) is 30.5. The van der Waals surface area contributed by atoms with E-state index in [2.05, 4.69) is 138 Å². The van der Waals surface area contributed by atoms with Crippen LogP contribution in [0.2, 0.25) is 0 Å². The van der Waals surface area contributed by atoms with Crippen LogP contribution in [0.3, 0.4) is 0 Å². The summed E-state index contributed by atoms with van der Waals surface area (Å²) in [5, 5.41) is 8.40. The molecule has 46 heavy (non-hydrogen) atoms. The summed E-state index contributed by atoms with van der Waals surface area (Å²) < 4.78 is 0. The van der Waals surface area contributed by atoms with Gasteiger partial charge in [-0.25, -0.2) is 9.97 Å². The summed E-state index contributed by atoms with van der Waals surface area (Å²) in [5.41, 5.74) is 9.32. The summed E-state index contributed by atoms with van der Waals surface area (Å²) in [6.07, 6.45) is 3.64. The molecule has 3 heterocycles. The predicted molar refractivity (Wildman–Crippen MR) is 192 cm³/mol. The van der Waals surface area contributed by atoms with Crippen molar-refractivity contribution in [2.24, 2.45) is 0 Å². The van der Waals surface area contributed by atoms with Gasteiger partial charge in [-0.1, -0.05) is 103 Å². The molecule has 9 rings (SSSR count). The number of aromatic nitrogens is 3. The molecule has 6 aromatic carbocycles. The van der Waals surface area contributed by atoms with Crippen molar-refractivity contribution in [1.82, 2.24) is 15.0 Å². The van der Waals surface area contributed by atoms with Crippen LogP contribution in [0.4, 0.5) is 0 Å². The number of hydrogen-bond donors (Lipinski definition) is 0. The largest absolute Gasteiger partial charge is 0.264 e. The van der Waals surface area contributed by atoms with Gasteiger partial charge in [0.05, 0.1) is 22.6 Å². The van der Waals surface area contributed by atoms with E-state index in [1.165, 1.54) is 32.5 Å². The second kappa shape index (κ2) is 10.8. The fraction of sp³-hybridized carbons (Fsp3) is 0. The number of fused-ring (bicyclic) bond motifs is 6. The fourth-order valence-electron chi connectivity index (χ4n) is 6.73. The van der Waals surface area contributed by atoms with Gasteiger partial charge in [0, 0.05) is 45.2 Å². The molecular formula is C43H27N3. The Hall–Kier alpha value is -6.19. The number of nitrogens with zero attached hydrogens (tertiary/aromatic N) is 3. The van der Waals surface area contributed by atoms with Crippen LogP contribution in [0.25, 0.3) is 88.1 Å². The fourth-order valence-corrected chi connectivity index (χ4v) is 6.73. The second-order valence-corrected chi connectivity index (χ2v) is 11.7. The van der Waals surface area contributed by atoms with E-state index in [1.54, 1.807) is 6.20 Å². The first-order valence-electron chi connectivity index (χ1n) is 15.5. The highest BCUT2D eigenvalue weighted by Crippen LogP contribution is 2.42. The quantitative estimate of drug-likeness (QED) is 0.193. The molecule has 0 unspecified atom stereocenters. The summed E-state index contributed by atoms with van der Waals surface area (Å²) in [6.45, 7) is 0. The SMILES string of the molecule is c1cncc(-c2cccc(-c3cccc(-c4cc5c(-c6ccc7ccccc7c6)nc6ccccc6c5c5ccccc45)c3)n2)c1. The van der Waals surface area contributed by atoms with Crippen molar-refractivity contribution in [2.75, 3.05) is 0 Å². The van der Waals surface area contributed by atoms with Gasteiger partial charge in [0.15, 0.2) is 0 Å². The van der Waals surface area contributed by atoms with Crippen molar-refractivity contribution in [2.45, 2.75) is 0 Å². The summed E-state index contributed by atoms with van der Waals surface area (Å²) >= 11 is 0. The lowest BCUT2D eigenvalue weighted by atomic mass is 9.89. The van der Waals surface area contributed by atoms with E-state index in [0.29, 0.717) is 0 Å². The highest BCUT2D eigenvalue weighted by molar-refractivity contribution is 6.25. The van der Waals surface area contributed by atoms with Crippen LogP contribution >= 0.6 is 0 Å². The van der Waals surface area contributed by atoms with Crippen molar-refractivity contribution in [1.29, 1.82) is 0 Å². The molecule has 0 atom stereocenters. The molecule has 3 heteroatoms. The van der Waals surface area contributed by atoms with E-state index in [0.717, 1.165) is 55.6 Å². The summed E-state index contributed by atoms with van der Waals surface area (Å²) in [7, 11) is 0. The van der Waals surface area contributed by atoms with Crippen LogP contribution in [0, 0.1) is 0 Å². The van der Waals surface area contributed by atoms with E-state index in [-0.39, 0.29) is 0 Å². The van der Waals surface area contributed by atoms with Crippen LogP contribution in [0.5, 0.6) is 0 Å². The van der Waals surface area contributed by atoms with Crippen molar-refractivity contribution in [3.63, 3.8) is 0 Å². The molecule has 3 nitrogen and oxygen atoms in total. The Kier molecular flexibility index (Phi) is 6.14. The van der Waals surface area contributed by atoms with Crippen LogP contribution in [0.15, 0.2) is 164 Å². The Bertz CT molecular complexity index is 2590. The second-order valence-electron chi connectivity index (χ2n) is 11.7. The van der Waals surface area contributed by atoms with Gasteiger partial charge in [-0.05, 0) is 81.2 Å². The predicted octanol–water partition coefficient (Wildman–Crippen LogP) is 11.2. The molecule has 3 aromatic heterocycles. The van der Waals surface area contributed by atoms with E-state index in [4.69, 9.17) is 9.97 Å². The van der Waals surface area contributed by atoms with Crippen LogP contribution < -0.4 is 0 Å². The summed E-state index contributed by atoms with van der Waals surface area (Å²) in [4.78, 5) is 14.6. The molecule has 0 aliphatic heterocycles. The highest BCUT2D eigenvalue weighted by atomic mass is 14.7. The molecule has 0 aliphatic carbocycles. The molecule has 0 N–H and O–H groups in total. The van der Waals surface area contributed by atoms with Gasteiger partial charge in [-0.15, -0.1) is 0 Å². The normalized spacial score (nSPS) is 11.5. The molecule has 0 aliphatic rings. The van der Waals surface area contributed by atoms with Gasteiger partial charge < -0.3 is 0 Å². The highest BCUT2D eigenvalue weighted by Gasteiger charge is 2.17. The van der Waals surface area contributed by atoms with E-state index in [1.807, 2.05) is 24.4 Å². The Morgan fingerprint density at radius 3 is 1.98 bits per heavy atom. The molecule has 0 saturated heterocycles. The minimum absolute atomic E-state index is 0.908. The topological polar surface area (TPSA) is 38.7 Å². The lowest BCUT2D eigenvalue weighted by Gasteiger charge is -2.17. The molecule has 0 bridgehead atoms. The monoisotopic (exact) mass is 585 g/mol. The number of pyridine rings is 3. The minimum Gasteiger partial charge on any atom is -0.264 e. The Morgan fingerprint density at radius 2 is 1.11 bits per heavy atom. The van der Waals surface area contributed by atoms with E-state index < -0.39 is 0 Å². The number of rotatable bonds is 4. The van der Waals surface area contributed by atoms with Crippen molar-refractivity contribution < 1.29 is 0 Å². The smallest absolute Gasteiger partial charge is 0.0788 e. The molecule has 0 amide bonds. The zero-order valence-corrected chi connectivity index (χ0v) is 24.9. The third-order valence-corrected chi connectivity index (χ3v) is 8.90. The number of hydrogen-bond acceptors (Lipinski definition) is 3. The Balaban J connectivity index is 1.30. The average molecular weight is 586 g/mol. The van der Waals surface area contributed by atoms with Gasteiger partial charge >= 0.3 is 0 Å². The number of para-hydroxylation sites is 1. The standard InChI is InChI=1S/C43H27N3/c1-2-11-29-24-32(22-21-28(29)10-1)43-38-26-37(34-15-3-4-16-35(34)42(38)36-17-5-6-18-41(36)46-43)30-12-7-13-31(25-30)39-19-8-20-40(45-39)33-14-9-23-44-27-33/h1-27H. The first-order chi connectivity index (χ1) is 22.8. The van der Waals surface area contributed by atoms with Crippen molar-refractivity contribution in [3.8, 4) is 44.9 Å². The lowest BCUT2D eigenvalue weighted by Crippen LogP contribution is -1.93. The first-order valence-corrected chi connectivity index (χ1v) is 15.5. The molecular weight excluding hydrogens is 558 g/mol. The van der Waals surface area contributed by atoms with Gasteiger partial charge in [0.25, 0.3) is 0 Å². The molecule has 9 aromatic rings. The molecule has 0 saturated carbocycles. The van der Waals surface area contributed by atoms with Gasteiger partial charge in [-0.3, -0.25) is 4.98 Å². The van der Waals surface area contributed by atoms with E-state index >= 15 is 0 Å². The molecule has 214 valence electrons. The Labute approximate surface area is 266 Å². The maximum Gasteiger partial charge on any atom is 0.0788 e. The zero-order valence-electron chi connectivity index (χ0n) is 24.9. The van der Waals surface area contributed by atoms with Crippen molar-refractivity contribution in [3.05, 3.63) is 164 Å². The lowest BCUT2D eigenvalue weighted by molar-refractivity contribution is 1.28. The van der Waals surface area contributed by atoms with Gasteiger partial charge in [0.2, 0.25) is 0 Å². The summed E-state index contributed by atoms with van der Waals surface area (Å²) in [6, 6.07) is 53.7. The third kappa shape index (κ3) is 4.41. The third-order valence-electron chi connectivity index (χ3n) is 8.90. The maximum absolute atomic E-state index is 5.31. The van der Waals surface area contributed by atoms with Crippen molar-refractivity contribution >= 4 is 43.2 Å². The summed E-state index contributed by atoms with van der Waals surface area (Å²) in [5.74, 6) is 0. The minimum atomic E-state index is 0.908. The Morgan fingerprint density at radius 1 is 0.391 bits per heavy atom. The van der Waals surface area contributed by atoms with Gasteiger partial charge in [0.1, 0.15) is 0 Å². The van der Waals surface area contributed by atoms with Crippen LogP contribution in [-0.2, 0) is 0 Å². The van der Waals surface area contributed by atoms with E-state index in [9.17, 15) is 0 Å². The maximum atomic E-state index is 5.31. The van der Waals surface area contributed by atoms with Crippen LogP contribution in [0.1, 0.15) is 0 Å². The first kappa shape index (κ1) is 26.2. The van der Waals surface area contributed by atoms with Gasteiger partial charge in [-0.2, -0.15) is 0 Å². The molecule has 0 fully saturated rings. The number of benzene rings is 6. The average Bonchev–Trinajstić information content (AvgIpc) is 3.14. The molecule has 0 spiro atoms.